The predicted octanol–water partition coefficient (Wildman–Crippen LogP) is 1.93. The van der Waals surface area contributed by atoms with E-state index in [0.29, 0.717) is 19.0 Å². The highest BCUT2D eigenvalue weighted by Gasteiger charge is 2.44. The lowest BCUT2D eigenvalue weighted by atomic mass is 9.96. The zero-order chi connectivity index (χ0) is 18.8. The Bertz CT molecular complexity index is 920. The molecule has 0 spiro atoms. The van der Waals surface area contributed by atoms with Crippen LogP contribution in [-0.4, -0.2) is 28.0 Å². The van der Waals surface area contributed by atoms with Crippen molar-refractivity contribution in [3.8, 4) is 0 Å². The van der Waals surface area contributed by atoms with Gasteiger partial charge in [-0.05, 0) is 42.7 Å². The van der Waals surface area contributed by atoms with E-state index in [0.717, 1.165) is 34.6 Å². The van der Waals surface area contributed by atoms with Gasteiger partial charge in [-0.2, -0.15) is 0 Å². The Morgan fingerprint density at radius 3 is 2.65 bits per heavy atom. The summed E-state index contributed by atoms with van der Waals surface area (Å²) in [5.74, 6) is 0.387. The topological polar surface area (TPSA) is 96.6 Å². The number of nitrogens with one attached hydrogen (secondary N) is 2. The Balaban J connectivity index is 1.56. The number of primary sulfonamides is 1. The van der Waals surface area contributed by atoms with Gasteiger partial charge in [-0.3, -0.25) is 4.99 Å². The molecule has 6 nitrogen and oxygen atoms in total. The maximum Gasteiger partial charge on any atom is 0.247 e. The molecule has 0 aliphatic heterocycles. The third-order valence-corrected chi connectivity index (χ3v) is 6.98. The van der Waals surface area contributed by atoms with Crippen molar-refractivity contribution in [1.82, 2.24) is 10.6 Å². The zero-order valence-electron chi connectivity index (χ0n) is 14.3. The van der Waals surface area contributed by atoms with Crippen LogP contribution in [0.5, 0.6) is 0 Å². The highest BCUT2D eigenvalue weighted by Crippen LogP contribution is 2.47. The summed E-state index contributed by atoms with van der Waals surface area (Å²) < 4.78 is 36.3. The highest BCUT2D eigenvalue weighted by atomic mass is 32.2. The quantitative estimate of drug-likeness (QED) is 0.513. The summed E-state index contributed by atoms with van der Waals surface area (Å²) in [6, 6.07) is 9.94. The first kappa shape index (κ1) is 18.8. The standard InChI is InChI=1S/C17H21FN4O2S2/c1-20-16(21-10-14-5-6-15(25-14)26(19,23)24)22-11-17(7-8-17)12-3-2-4-13(18)9-12/h2-6,9H,7-8,10-11H2,1H3,(H2,19,23,24)(H2,20,21,22). The molecule has 2 aromatic rings. The van der Waals surface area contributed by atoms with Crippen molar-refractivity contribution < 1.29 is 12.8 Å². The van der Waals surface area contributed by atoms with Crippen LogP contribution in [0.3, 0.4) is 0 Å². The number of sulfonamides is 1. The van der Waals surface area contributed by atoms with Crippen LogP contribution in [0.4, 0.5) is 4.39 Å². The van der Waals surface area contributed by atoms with Gasteiger partial charge in [0.1, 0.15) is 10.0 Å². The van der Waals surface area contributed by atoms with Crippen molar-refractivity contribution in [2.24, 2.45) is 10.1 Å². The van der Waals surface area contributed by atoms with Gasteiger partial charge in [0, 0.05) is 23.9 Å². The van der Waals surface area contributed by atoms with Crippen LogP contribution < -0.4 is 15.8 Å². The molecule has 4 N–H and O–H groups in total. The molecule has 1 saturated carbocycles. The number of rotatable bonds is 6. The molecule has 140 valence electrons. The largest absolute Gasteiger partial charge is 0.356 e. The lowest BCUT2D eigenvalue weighted by Gasteiger charge is -2.19. The van der Waals surface area contributed by atoms with E-state index in [1.807, 2.05) is 6.07 Å². The molecule has 0 bridgehead atoms. The first-order valence-corrected chi connectivity index (χ1v) is 10.5. The highest BCUT2D eigenvalue weighted by molar-refractivity contribution is 7.91. The van der Waals surface area contributed by atoms with Crippen LogP contribution in [-0.2, 0) is 22.0 Å². The molecule has 0 amide bonds. The van der Waals surface area contributed by atoms with Gasteiger partial charge in [0.2, 0.25) is 10.0 Å². The van der Waals surface area contributed by atoms with E-state index in [1.54, 1.807) is 25.2 Å². The van der Waals surface area contributed by atoms with E-state index in [2.05, 4.69) is 15.6 Å². The van der Waals surface area contributed by atoms with Gasteiger partial charge in [0.05, 0.1) is 6.54 Å². The minimum absolute atomic E-state index is 0.0521. The monoisotopic (exact) mass is 396 g/mol. The molecule has 9 heteroatoms. The fourth-order valence-electron chi connectivity index (χ4n) is 2.79. The molecular weight excluding hydrogens is 375 g/mol. The number of aliphatic imine (C=N–C) groups is 1. The van der Waals surface area contributed by atoms with Gasteiger partial charge < -0.3 is 10.6 Å². The number of hydrogen-bond acceptors (Lipinski definition) is 4. The minimum Gasteiger partial charge on any atom is -0.356 e. The molecule has 0 radical (unpaired) electrons. The Hall–Kier alpha value is -1.97. The fraction of sp³-hybridized carbons (Fsp3) is 0.353. The van der Waals surface area contributed by atoms with Crippen LogP contribution >= 0.6 is 11.3 Å². The van der Waals surface area contributed by atoms with Crippen LogP contribution in [0.15, 0.2) is 45.6 Å². The van der Waals surface area contributed by atoms with Gasteiger partial charge in [0.15, 0.2) is 5.96 Å². The van der Waals surface area contributed by atoms with E-state index in [1.165, 1.54) is 12.1 Å². The number of hydrogen-bond donors (Lipinski definition) is 3. The Morgan fingerprint density at radius 2 is 2.08 bits per heavy atom. The van der Waals surface area contributed by atoms with Crippen LogP contribution in [0.2, 0.25) is 0 Å². The Morgan fingerprint density at radius 1 is 1.31 bits per heavy atom. The average molecular weight is 397 g/mol. The number of thiophene rings is 1. The van der Waals surface area contributed by atoms with Gasteiger partial charge >= 0.3 is 0 Å². The van der Waals surface area contributed by atoms with Gasteiger partial charge in [-0.25, -0.2) is 17.9 Å². The lowest BCUT2D eigenvalue weighted by molar-refractivity contribution is 0.599. The first-order chi connectivity index (χ1) is 12.3. The van der Waals surface area contributed by atoms with Crippen molar-refractivity contribution in [2.75, 3.05) is 13.6 Å². The molecule has 0 atom stereocenters. The summed E-state index contributed by atoms with van der Waals surface area (Å²) in [5.41, 5.74) is 0.945. The van der Waals surface area contributed by atoms with E-state index in [9.17, 15) is 12.8 Å². The fourth-order valence-corrected chi connectivity index (χ4v) is 4.51. The summed E-state index contributed by atoms with van der Waals surface area (Å²) in [4.78, 5) is 5.02. The molecule has 1 fully saturated rings. The van der Waals surface area contributed by atoms with E-state index in [4.69, 9.17) is 5.14 Å². The normalized spacial score (nSPS) is 16.3. The van der Waals surface area contributed by atoms with Crippen molar-refractivity contribution in [3.05, 3.63) is 52.7 Å². The maximum atomic E-state index is 13.5. The van der Waals surface area contributed by atoms with E-state index < -0.39 is 10.0 Å². The third kappa shape index (κ3) is 4.40. The molecule has 0 saturated heterocycles. The smallest absolute Gasteiger partial charge is 0.247 e. The van der Waals surface area contributed by atoms with Crippen molar-refractivity contribution in [3.63, 3.8) is 0 Å². The summed E-state index contributed by atoms with van der Waals surface area (Å²) in [5, 5.41) is 11.5. The first-order valence-electron chi connectivity index (χ1n) is 8.14. The number of benzene rings is 1. The van der Waals surface area contributed by atoms with Crippen LogP contribution in [0, 0.1) is 5.82 Å². The van der Waals surface area contributed by atoms with Crippen LogP contribution in [0.25, 0.3) is 0 Å². The number of nitrogens with two attached hydrogens (primary N) is 1. The molecule has 1 aliphatic carbocycles. The SMILES string of the molecule is CN=C(NCc1ccc(S(N)(=O)=O)s1)NCC1(c2cccc(F)c2)CC1. The van der Waals surface area contributed by atoms with Crippen molar-refractivity contribution in [2.45, 2.75) is 29.0 Å². The van der Waals surface area contributed by atoms with Crippen molar-refractivity contribution >= 4 is 27.3 Å². The summed E-state index contributed by atoms with van der Waals surface area (Å²) in [6.07, 6.45) is 2.01. The second-order valence-electron chi connectivity index (χ2n) is 6.34. The molecule has 1 aliphatic rings. The van der Waals surface area contributed by atoms with Gasteiger partial charge in [0.25, 0.3) is 0 Å². The van der Waals surface area contributed by atoms with Gasteiger partial charge in [-0.1, -0.05) is 12.1 Å². The molecule has 1 aromatic carbocycles. The summed E-state index contributed by atoms with van der Waals surface area (Å²) in [6.45, 7) is 1.09. The molecule has 3 rings (SSSR count). The Labute approximate surface area is 156 Å². The number of nitrogens with zero attached hydrogens (tertiary/aromatic N) is 1. The second kappa shape index (κ2) is 7.34. The molecule has 1 aromatic heterocycles. The van der Waals surface area contributed by atoms with Crippen LogP contribution in [0.1, 0.15) is 23.3 Å². The number of halogens is 1. The Kier molecular flexibility index (Phi) is 5.31. The summed E-state index contributed by atoms with van der Waals surface area (Å²) >= 11 is 1.13. The predicted molar refractivity (Wildman–Crippen MR) is 101 cm³/mol. The lowest BCUT2D eigenvalue weighted by Crippen LogP contribution is -2.40. The average Bonchev–Trinajstić information content (AvgIpc) is 3.22. The maximum absolute atomic E-state index is 13.5. The molecular formula is C17H21FN4O2S2. The zero-order valence-corrected chi connectivity index (χ0v) is 16.0. The van der Waals surface area contributed by atoms with E-state index in [-0.39, 0.29) is 15.4 Å². The van der Waals surface area contributed by atoms with E-state index >= 15 is 0 Å². The third-order valence-electron chi connectivity index (χ3n) is 4.46. The molecule has 1 heterocycles. The van der Waals surface area contributed by atoms with Gasteiger partial charge in [-0.15, -0.1) is 11.3 Å². The summed E-state index contributed by atoms with van der Waals surface area (Å²) in [7, 11) is -2.00. The van der Waals surface area contributed by atoms with Crippen molar-refractivity contribution in [1.29, 1.82) is 0 Å². The minimum atomic E-state index is -3.67. The number of guanidine groups is 1. The molecule has 0 unspecified atom stereocenters. The second-order valence-corrected chi connectivity index (χ2v) is 9.29. The molecule has 26 heavy (non-hydrogen) atoms.